The van der Waals surface area contributed by atoms with Gasteiger partial charge in [0.25, 0.3) is 0 Å². The third-order valence-corrected chi connectivity index (χ3v) is 3.22. The second-order valence-corrected chi connectivity index (χ2v) is 5.50. The molecule has 0 aliphatic rings. The lowest BCUT2D eigenvalue weighted by atomic mass is 9.97. The number of hydrogen-bond acceptors (Lipinski definition) is 2. The predicted molar refractivity (Wildman–Crippen MR) is 82.7 cm³/mol. The van der Waals surface area contributed by atoms with Crippen LogP contribution in [0, 0.1) is 5.92 Å². The first-order valence-electron chi connectivity index (χ1n) is 7.63. The summed E-state index contributed by atoms with van der Waals surface area (Å²) in [4.78, 5) is 0. The van der Waals surface area contributed by atoms with Crippen LogP contribution in [0.1, 0.15) is 58.6 Å². The minimum absolute atomic E-state index is 0.442. The Hall–Kier alpha value is -1.02. The minimum atomic E-state index is 0.442. The highest BCUT2D eigenvalue weighted by Crippen LogP contribution is 2.24. The van der Waals surface area contributed by atoms with E-state index in [1.54, 1.807) is 0 Å². The van der Waals surface area contributed by atoms with E-state index in [1.807, 2.05) is 6.07 Å². The summed E-state index contributed by atoms with van der Waals surface area (Å²) < 4.78 is 5.72. The first kappa shape index (κ1) is 16.0. The van der Waals surface area contributed by atoms with Crippen LogP contribution >= 0.6 is 0 Å². The molecule has 0 fully saturated rings. The molecule has 0 bridgehead atoms. The Morgan fingerprint density at radius 2 is 1.95 bits per heavy atom. The molecular weight excluding hydrogens is 234 g/mol. The second-order valence-electron chi connectivity index (χ2n) is 5.50. The molecule has 2 heteroatoms. The summed E-state index contributed by atoms with van der Waals surface area (Å²) >= 11 is 0. The molecule has 0 saturated heterocycles. The second kappa shape index (κ2) is 8.98. The third-order valence-electron chi connectivity index (χ3n) is 3.22. The molecule has 1 atom stereocenters. The van der Waals surface area contributed by atoms with Crippen LogP contribution in [0.5, 0.6) is 5.75 Å². The fraction of sp³-hybridized carbons (Fsp3) is 0.647. The zero-order valence-electron chi connectivity index (χ0n) is 12.9. The lowest BCUT2D eigenvalue weighted by molar-refractivity contribution is 0.316. The van der Waals surface area contributed by atoms with Crippen molar-refractivity contribution in [1.82, 2.24) is 5.32 Å². The molecule has 1 unspecified atom stereocenters. The topological polar surface area (TPSA) is 21.3 Å². The summed E-state index contributed by atoms with van der Waals surface area (Å²) in [5, 5.41) is 3.58. The van der Waals surface area contributed by atoms with Crippen molar-refractivity contribution in [2.75, 3.05) is 13.2 Å². The highest BCUT2D eigenvalue weighted by Gasteiger charge is 2.11. The van der Waals surface area contributed by atoms with Crippen molar-refractivity contribution in [3.63, 3.8) is 0 Å². The Morgan fingerprint density at radius 3 is 2.58 bits per heavy atom. The lowest BCUT2D eigenvalue weighted by Crippen LogP contribution is -2.21. The molecule has 1 rings (SSSR count). The smallest absolute Gasteiger partial charge is 0.119 e. The Kier molecular flexibility index (Phi) is 7.57. The standard InChI is InChI=1S/C17H29NO/c1-5-12-19-16-9-7-8-15(13-16)17(18-6-2)11-10-14(3)4/h7-9,13-14,17-18H,5-6,10-12H2,1-4H3. The van der Waals surface area contributed by atoms with E-state index in [2.05, 4.69) is 51.2 Å². The molecule has 108 valence electrons. The number of nitrogens with one attached hydrogen (secondary N) is 1. The van der Waals surface area contributed by atoms with Gasteiger partial charge in [0.2, 0.25) is 0 Å². The van der Waals surface area contributed by atoms with Crippen molar-refractivity contribution < 1.29 is 4.74 Å². The van der Waals surface area contributed by atoms with Crippen LogP contribution in [0.2, 0.25) is 0 Å². The van der Waals surface area contributed by atoms with Gasteiger partial charge in [-0.05, 0) is 49.4 Å². The Labute approximate surface area is 118 Å². The van der Waals surface area contributed by atoms with Crippen molar-refractivity contribution in [2.24, 2.45) is 5.92 Å². The van der Waals surface area contributed by atoms with Crippen LogP contribution in [0.3, 0.4) is 0 Å². The quantitative estimate of drug-likeness (QED) is 0.705. The summed E-state index contributed by atoms with van der Waals surface area (Å²) in [6.07, 6.45) is 3.48. The van der Waals surface area contributed by atoms with Gasteiger partial charge in [-0.2, -0.15) is 0 Å². The van der Waals surface area contributed by atoms with Crippen LogP contribution in [-0.4, -0.2) is 13.2 Å². The molecule has 0 aliphatic heterocycles. The zero-order valence-corrected chi connectivity index (χ0v) is 12.9. The lowest BCUT2D eigenvalue weighted by Gasteiger charge is -2.20. The normalized spacial score (nSPS) is 12.7. The van der Waals surface area contributed by atoms with E-state index in [0.717, 1.165) is 31.2 Å². The van der Waals surface area contributed by atoms with Crippen LogP contribution in [0.15, 0.2) is 24.3 Å². The summed E-state index contributed by atoms with van der Waals surface area (Å²) in [6, 6.07) is 8.97. The molecule has 0 radical (unpaired) electrons. The van der Waals surface area contributed by atoms with Crippen LogP contribution in [-0.2, 0) is 0 Å². The van der Waals surface area contributed by atoms with E-state index in [-0.39, 0.29) is 0 Å². The maximum atomic E-state index is 5.72. The monoisotopic (exact) mass is 263 g/mol. The Bertz CT molecular complexity index is 349. The molecule has 0 saturated carbocycles. The van der Waals surface area contributed by atoms with E-state index in [4.69, 9.17) is 4.74 Å². The highest BCUT2D eigenvalue weighted by molar-refractivity contribution is 5.30. The van der Waals surface area contributed by atoms with Gasteiger partial charge in [0.1, 0.15) is 5.75 Å². The van der Waals surface area contributed by atoms with Crippen molar-refractivity contribution in [1.29, 1.82) is 0 Å². The maximum absolute atomic E-state index is 5.72. The Balaban J connectivity index is 2.71. The fourth-order valence-electron chi connectivity index (χ4n) is 2.17. The average molecular weight is 263 g/mol. The van der Waals surface area contributed by atoms with Crippen LogP contribution in [0.4, 0.5) is 0 Å². The first-order chi connectivity index (χ1) is 9.17. The largest absolute Gasteiger partial charge is 0.494 e. The average Bonchev–Trinajstić information content (AvgIpc) is 2.41. The number of hydrogen-bond donors (Lipinski definition) is 1. The molecule has 1 N–H and O–H groups in total. The van der Waals surface area contributed by atoms with Gasteiger partial charge in [-0.1, -0.05) is 39.8 Å². The molecule has 19 heavy (non-hydrogen) atoms. The van der Waals surface area contributed by atoms with Gasteiger partial charge < -0.3 is 10.1 Å². The molecule has 0 heterocycles. The maximum Gasteiger partial charge on any atom is 0.119 e. The predicted octanol–water partition coefficient (Wildman–Crippen LogP) is 4.56. The minimum Gasteiger partial charge on any atom is -0.494 e. The molecule has 1 aromatic rings. The summed E-state index contributed by atoms with van der Waals surface area (Å²) in [7, 11) is 0. The van der Waals surface area contributed by atoms with E-state index in [0.29, 0.717) is 6.04 Å². The van der Waals surface area contributed by atoms with Crippen LogP contribution < -0.4 is 10.1 Å². The number of rotatable bonds is 9. The Morgan fingerprint density at radius 1 is 1.16 bits per heavy atom. The number of benzene rings is 1. The van der Waals surface area contributed by atoms with Crippen molar-refractivity contribution in [3.8, 4) is 5.75 Å². The van der Waals surface area contributed by atoms with Gasteiger partial charge in [-0.25, -0.2) is 0 Å². The van der Waals surface area contributed by atoms with E-state index in [1.165, 1.54) is 18.4 Å². The van der Waals surface area contributed by atoms with E-state index < -0.39 is 0 Å². The highest BCUT2D eigenvalue weighted by atomic mass is 16.5. The third kappa shape index (κ3) is 6.11. The van der Waals surface area contributed by atoms with E-state index >= 15 is 0 Å². The molecule has 1 aromatic carbocycles. The van der Waals surface area contributed by atoms with Gasteiger partial charge in [-0.3, -0.25) is 0 Å². The van der Waals surface area contributed by atoms with Crippen molar-refractivity contribution >= 4 is 0 Å². The van der Waals surface area contributed by atoms with Crippen molar-refractivity contribution in [3.05, 3.63) is 29.8 Å². The van der Waals surface area contributed by atoms with Crippen molar-refractivity contribution in [2.45, 2.75) is 53.0 Å². The van der Waals surface area contributed by atoms with Crippen LogP contribution in [0.25, 0.3) is 0 Å². The molecule has 0 spiro atoms. The zero-order chi connectivity index (χ0) is 14.1. The van der Waals surface area contributed by atoms with Gasteiger partial charge >= 0.3 is 0 Å². The van der Waals surface area contributed by atoms with Gasteiger partial charge in [-0.15, -0.1) is 0 Å². The molecular formula is C17H29NO. The van der Waals surface area contributed by atoms with Gasteiger partial charge in [0.05, 0.1) is 6.61 Å². The van der Waals surface area contributed by atoms with Gasteiger partial charge in [0, 0.05) is 6.04 Å². The van der Waals surface area contributed by atoms with E-state index in [9.17, 15) is 0 Å². The SMILES string of the molecule is CCCOc1cccc(C(CCC(C)C)NCC)c1. The number of ether oxygens (including phenoxy) is 1. The van der Waals surface area contributed by atoms with Gasteiger partial charge in [0.15, 0.2) is 0 Å². The fourth-order valence-corrected chi connectivity index (χ4v) is 2.17. The summed E-state index contributed by atoms with van der Waals surface area (Å²) in [5.41, 5.74) is 1.34. The summed E-state index contributed by atoms with van der Waals surface area (Å²) in [6.45, 7) is 10.7. The summed E-state index contributed by atoms with van der Waals surface area (Å²) in [5.74, 6) is 1.74. The molecule has 0 amide bonds. The molecule has 0 aromatic heterocycles. The molecule has 2 nitrogen and oxygen atoms in total. The first-order valence-corrected chi connectivity index (χ1v) is 7.63. The molecule has 0 aliphatic carbocycles.